The number of hydrogen-bond donors (Lipinski definition) is 0. The van der Waals surface area contributed by atoms with E-state index in [0.717, 1.165) is 19.3 Å². The van der Waals surface area contributed by atoms with Crippen molar-refractivity contribution < 1.29 is 9.59 Å². The maximum absolute atomic E-state index is 11.3. The van der Waals surface area contributed by atoms with Crippen molar-refractivity contribution in [3.05, 3.63) is 12.2 Å². The molecule has 0 unspecified atom stereocenters. The Labute approximate surface area is 92.8 Å². The standard InChI is InChI=1S/C13H22O2/c1-3-5-6-10-13(15)11-8-7-9-12(14)4-2/h3,5H,4,6-11H2,1-2H3/b5-3+. The summed E-state index contributed by atoms with van der Waals surface area (Å²) in [5.74, 6) is 0.619. The van der Waals surface area contributed by atoms with Crippen LogP contribution in [0.25, 0.3) is 0 Å². The molecule has 0 amide bonds. The molecular weight excluding hydrogens is 188 g/mol. The van der Waals surface area contributed by atoms with Crippen molar-refractivity contribution in [2.75, 3.05) is 0 Å². The van der Waals surface area contributed by atoms with E-state index in [0.29, 0.717) is 37.2 Å². The fraction of sp³-hybridized carbons (Fsp3) is 0.692. The van der Waals surface area contributed by atoms with Gasteiger partial charge < -0.3 is 0 Å². The van der Waals surface area contributed by atoms with Crippen molar-refractivity contribution in [2.45, 2.75) is 58.8 Å². The summed E-state index contributed by atoms with van der Waals surface area (Å²) in [5, 5.41) is 0. The van der Waals surface area contributed by atoms with Gasteiger partial charge in [-0.25, -0.2) is 0 Å². The molecule has 0 aromatic rings. The second-order valence-corrected chi connectivity index (χ2v) is 3.75. The highest BCUT2D eigenvalue weighted by molar-refractivity contribution is 5.79. The van der Waals surface area contributed by atoms with Crippen LogP contribution < -0.4 is 0 Å². The SMILES string of the molecule is C/C=C/CCC(=O)CCCCC(=O)CC. The number of unbranched alkanes of at least 4 members (excludes halogenated alkanes) is 1. The molecule has 0 aliphatic heterocycles. The van der Waals surface area contributed by atoms with Crippen molar-refractivity contribution in [1.29, 1.82) is 0 Å². The zero-order chi connectivity index (χ0) is 11.5. The van der Waals surface area contributed by atoms with E-state index in [1.807, 2.05) is 26.0 Å². The van der Waals surface area contributed by atoms with Crippen LogP contribution in [-0.4, -0.2) is 11.6 Å². The topological polar surface area (TPSA) is 34.1 Å². The molecule has 86 valence electrons. The van der Waals surface area contributed by atoms with Gasteiger partial charge in [-0.05, 0) is 26.2 Å². The number of rotatable bonds is 9. The molecule has 0 N–H and O–H groups in total. The van der Waals surface area contributed by atoms with Crippen LogP contribution in [0.4, 0.5) is 0 Å². The number of carbonyl (C=O) groups is 2. The van der Waals surface area contributed by atoms with E-state index in [4.69, 9.17) is 0 Å². The third-order valence-electron chi connectivity index (χ3n) is 2.38. The van der Waals surface area contributed by atoms with Gasteiger partial charge in [-0.2, -0.15) is 0 Å². The number of carbonyl (C=O) groups excluding carboxylic acids is 2. The number of ketones is 2. The van der Waals surface area contributed by atoms with Crippen LogP contribution in [0.15, 0.2) is 12.2 Å². The predicted octanol–water partition coefficient (Wildman–Crippen LogP) is 3.45. The fourth-order valence-corrected chi connectivity index (χ4v) is 1.36. The van der Waals surface area contributed by atoms with Gasteiger partial charge >= 0.3 is 0 Å². The third kappa shape index (κ3) is 9.39. The lowest BCUT2D eigenvalue weighted by molar-refractivity contribution is -0.120. The molecule has 15 heavy (non-hydrogen) atoms. The van der Waals surface area contributed by atoms with Gasteiger partial charge in [-0.15, -0.1) is 0 Å². The van der Waals surface area contributed by atoms with Crippen LogP contribution in [0, 0.1) is 0 Å². The van der Waals surface area contributed by atoms with E-state index >= 15 is 0 Å². The van der Waals surface area contributed by atoms with E-state index in [-0.39, 0.29) is 0 Å². The summed E-state index contributed by atoms with van der Waals surface area (Å²) in [6, 6.07) is 0. The molecule has 0 radical (unpaired) electrons. The molecule has 0 aromatic heterocycles. The van der Waals surface area contributed by atoms with E-state index in [1.165, 1.54) is 0 Å². The highest BCUT2D eigenvalue weighted by Crippen LogP contribution is 2.05. The second kappa shape index (κ2) is 9.63. The minimum Gasteiger partial charge on any atom is -0.300 e. The molecule has 0 aliphatic rings. The van der Waals surface area contributed by atoms with Crippen molar-refractivity contribution in [1.82, 2.24) is 0 Å². The molecule has 0 rings (SSSR count). The third-order valence-corrected chi connectivity index (χ3v) is 2.38. The Morgan fingerprint density at radius 1 is 1.00 bits per heavy atom. The molecular formula is C13H22O2. The molecule has 0 aliphatic carbocycles. The minimum atomic E-state index is 0.302. The van der Waals surface area contributed by atoms with Gasteiger partial charge in [0.1, 0.15) is 11.6 Å². The van der Waals surface area contributed by atoms with Gasteiger partial charge in [-0.1, -0.05) is 19.1 Å². The predicted molar refractivity (Wildman–Crippen MR) is 62.8 cm³/mol. The Kier molecular flexibility index (Phi) is 9.04. The van der Waals surface area contributed by atoms with Gasteiger partial charge in [0.15, 0.2) is 0 Å². The van der Waals surface area contributed by atoms with Gasteiger partial charge in [0.05, 0.1) is 0 Å². The quantitative estimate of drug-likeness (QED) is 0.431. The Balaban J connectivity index is 3.35. The minimum absolute atomic E-state index is 0.302. The van der Waals surface area contributed by atoms with Crippen LogP contribution in [0.1, 0.15) is 58.8 Å². The lowest BCUT2D eigenvalue weighted by Gasteiger charge is -1.99. The molecule has 0 fully saturated rings. The molecule has 0 spiro atoms. The van der Waals surface area contributed by atoms with Crippen LogP contribution >= 0.6 is 0 Å². The summed E-state index contributed by atoms with van der Waals surface area (Å²) in [6.45, 7) is 3.84. The number of Topliss-reactive ketones (excluding diaryl/α,β-unsaturated/α-hetero) is 2. The normalized spacial score (nSPS) is 10.8. The Morgan fingerprint density at radius 2 is 1.60 bits per heavy atom. The number of hydrogen-bond acceptors (Lipinski definition) is 2. The van der Waals surface area contributed by atoms with E-state index in [9.17, 15) is 9.59 Å². The molecule has 2 heteroatoms. The molecule has 2 nitrogen and oxygen atoms in total. The first kappa shape index (κ1) is 14.1. The Morgan fingerprint density at radius 3 is 2.13 bits per heavy atom. The maximum Gasteiger partial charge on any atom is 0.133 e. The summed E-state index contributed by atoms with van der Waals surface area (Å²) in [5.41, 5.74) is 0. The summed E-state index contributed by atoms with van der Waals surface area (Å²) in [4.78, 5) is 22.3. The molecule has 0 atom stereocenters. The molecule has 0 saturated heterocycles. The monoisotopic (exact) mass is 210 g/mol. The molecule has 0 aromatic carbocycles. The van der Waals surface area contributed by atoms with Gasteiger partial charge in [-0.3, -0.25) is 9.59 Å². The first-order chi connectivity index (χ1) is 7.20. The van der Waals surface area contributed by atoms with Crippen LogP contribution in [0.2, 0.25) is 0 Å². The molecule has 0 saturated carbocycles. The number of allylic oxidation sites excluding steroid dienone is 2. The maximum atomic E-state index is 11.3. The second-order valence-electron chi connectivity index (χ2n) is 3.75. The van der Waals surface area contributed by atoms with Crippen LogP contribution in [-0.2, 0) is 9.59 Å². The van der Waals surface area contributed by atoms with Gasteiger partial charge in [0, 0.05) is 25.7 Å². The lowest BCUT2D eigenvalue weighted by atomic mass is 10.1. The van der Waals surface area contributed by atoms with E-state index in [2.05, 4.69) is 0 Å². The highest BCUT2D eigenvalue weighted by atomic mass is 16.1. The average Bonchev–Trinajstić information content (AvgIpc) is 2.24. The van der Waals surface area contributed by atoms with Crippen molar-refractivity contribution in [2.24, 2.45) is 0 Å². The first-order valence-electron chi connectivity index (χ1n) is 5.85. The van der Waals surface area contributed by atoms with Crippen LogP contribution in [0.5, 0.6) is 0 Å². The highest BCUT2D eigenvalue weighted by Gasteiger charge is 2.02. The summed E-state index contributed by atoms with van der Waals surface area (Å²) in [6.07, 6.45) is 9.09. The summed E-state index contributed by atoms with van der Waals surface area (Å²) >= 11 is 0. The van der Waals surface area contributed by atoms with Crippen molar-refractivity contribution in [3.63, 3.8) is 0 Å². The van der Waals surface area contributed by atoms with Gasteiger partial charge in [0.2, 0.25) is 0 Å². The van der Waals surface area contributed by atoms with E-state index < -0.39 is 0 Å². The zero-order valence-electron chi connectivity index (χ0n) is 9.92. The Bertz CT molecular complexity index is 217. The van der Waals surface area contributed by atoms with Crippen molar-refractivity contribution >= 4 is 11.6 Å². The van der Waals surface area contributed by atoms with E-state index in [1.54, 1.807) is 0 Å². The Hall–Kier alpha value is -0.920. The summed E-state index contributed by atoms with van der Waals surface area (Å²) in [7, 11) is 0. The van der Waals surface area contributed by atoms with Crippen molar-refractivity contribution in [3.8, 4) is 0 Å². The average molecular weight is 210 g/mol. The largest absolute Gasteiger partial charge is 0.300 e. The molecule has 0 heterocycles. The fourth-order valence-electron chi connectivity index (χ4n) is 1.36. The lowest BCUT2D eigenvalue weighted by Crippen LogP contribution is -1.99. The van der Waals surface area contributed by atoms with Crippen LogP contribution in [0.3, 0.4) is 0 Å². The smallest absolute Gasteiger partial charge is 0.133 e. The summed E-state index contributed by atoms with van der Waals surface area (Å²) < 4.78 is 0. The zero-order valence-corrected chi connectivity index (χ0v) is 9.92. The van der Waals surface area contributed by atoms with Gasteiger partial charge in [0.25, 0.3) is 0 Å². The first-order valence-corrected chi connectivity index (χ1v) is 5.85. The molecule has 0 bridgehead atoms.